The molecule has 6 nitrogen and oxygen atoms in total. The SMILES string of the molecule is CN(C)C(=O)CN1C[C@@H]2CC[C@H](C1)N(C(=O)c1cccc(N(C)C)c1)C2. The molecule has 0 aromatic heterocycles. The van der Waals surface area contributed by atoms with Crippen LogP contribution in [0.15, 0.2) is 24.3 Å². The molecule has 0 radical (unpaired) electrons. The molecule has 0 spiro atoms. The highest BCUT2D eigenvalue weighted by Gasteiger charge is 2.38. The number of rotatable bonds is 4. The third kappa shape index (κ3) is 4.01. The number of anilines is 1. The highest BCUT2D eigenvalue weighted by molar-refractivity contribution is 5.95. The maximum Gasteiger partial charge on any atom is 0.254 e. The van der Waals surface area contributed by atoms with Crippen LogP contribution in [0.2, 0.25) is 0 Å². The predicted octanol–water partition coefficient (Wildman–Crippen LogP) is 1.38. The van der Waals surface area contributed by atoms with Gasteiger partial charge in [0.1, 0.15) is 0 Å². The number of amides is 2. The molecule has 2 amide bonds. The largest absolute Gasteiger partial charge is 0.378 e. The van der Waals surface area contributed by atoms with Gasteiger partial charge in [-0.15, -0.1) is 0 Å². The molecule has 3 heterocycles. The summed E-state index contributed by atoms with van der Waals surface area (Å²) in [6.45, 7) is 2.92. The molecular weight excluding hydrogens is 328 g/mol. The van der Waals surface area contributed by atoms with Crippen molar-refractivity contribution < 1.29 is 9.59 Å². The molecule has 26 heavy (non-hydrogen) atoms. The van der Waals surface area contributed by atoms with Gasteiger partial charge in [-0.1, -0.05) is 6.07 Å². The van der Waals surface area contributed by atoms with E-state index < -0.39 is 0 Å². The first-order valence-electron chi connectivity index (χ1n) is 9.36. The van der Waals surface area contributed by atoms with Gasteiger partial charge in [-0.3, -0.25) is 14.5 Å². The summed E-state index contributed by atoms with van der Waals surface area (Å²) in [5.74, 6) is 0.691. The molecule has 3 aliphatic rings. The van der Waals surface area contributed by atoms with Crippen LogP contribution >= 0.6 is 0 Å². The Balaban J connectivity index is 1.74. The number of fused-ring (bicyclic) bond motifs is 4. The van der Waals surface area contributed by atoms with Crippen molar-refractivity contribution in [3.63, 3.8) is 0 Å². The Hall–Kier alpha value is -2.08. The molecular formula is C20H30N4O2. The van der Waals surface area contributed by atoms with Crippen molar-refractivity contribution in [2.45, 2.75) is 18.9 Å². The van der Waals surface area contributed by atoms with Crippen molar-refractivity contribution in [1.29, 1.82) is 0 Å². The predicted molar refractivity (Wildman–Crippen MR) is 103 cm³/mol. The van der Waals surface area contributed by atoms with E-state index in [4.69, 9.17) is 0 Å². The fraction of sp³-hybridized carbons (Fsp3) is 0.600. The van der Waals surface area contributed by atoms with Crippen molar-refractivity contribution >= 4 is 17.5 Å². The van der Waals surface area contributed by atoms with Crippen LogP contribution < -0.4 is 4.90 Å². The Morgan fingerprint density at radius 3 is 2.54 bits per heavy atom. The van der Waals surface area contributed by atoms with Crippen LogP contribution in [0.3, 0.4) is 0 Å². The zero-order chi connectivity index (χ0) is 18.8. The average molecular weight is 358 g/mol. The summed E-state index contributed by atoms with van der Waals surface area (Å²) in [5.41, 5.74) is 1.79. The Morgan fingerprint density at radius 2 is 1.85 bits per heavy atom. The highest BCUT2D eigenvalue weighted by atomic mass is 16.2. The van der Waals surface area contributed by atoms with Gasteiger partial charge in [-0.25, -0.2) is 0 Å². The highest BCUT2D eigenvalue weighted by Crippen LogP contribution is 2.29. The van der Waals surface area contributed by atoms with Gasteiger partial charge in [-0.05, 0) is 37.0 Å². The van der Waals surface area contributed by atoms with E-state index >= 15 is 0 Å². The summed E-state index contributed by atoms with van der Waals surface area (Å²) in [4.78, 5) is 33.2. The maximum absolute atomic E-state index is 13.2. The minimum atomic E-state index is 0.115. The lowest BCUT2D eigenvalue weighted by Crippen LogP contribution is -2.47. The molecule has 6 heteroatoms. The van der Waals surface area contributed by atoms with E-state index in [1.165, 1.54) is 0 Å². The molecule has 0 aliphatic carbocycles. The summed E-state index contributed by atoms with van der Waals surface area (Å²) >= 11 is 0. The number of hydrogen-bond donors (Lipinski definition) is 0. The lowest BCUT2D eigenvalue weighted by atomic mass is 9.94. The van der Waals surface area contributed by atoms with E-state index in [2.05, 4.69) is 4.90 Å². The fourth-order valence-electron chi connectivity index (χ4n) is 3.97. The quantitative estimate of drug-likeness (QED) is 0.816. The van der Waals surface area contributed by atoms with E-state index in [1.54, 1.807) is 19.0 Å². The molecule has 0 saturated carbocycles. The molecule has 3 aliphatic heterocycles. The van der Waals surface area contributed by atoms with Crippen LogP contribution in [-0.2, 0) is 4.79 Å². The molecule has 3 saturated heterocycles. The number of benzene rings is 1. The summed E-state index contributed by atoms with van der Waals surface area (Å²) in [6, 6.07) is 8.02. The smallest absolute Gasteiger partial charge is 0.254 e. The first kappa shape index (κ1) is 18.7. The van der Waals surface area contributed by atoms with Crippen LogP contribution in [0.25, 0.3) is 0 Å². The standard InChI is InChI=1S/C20H30N4O2/c1-21(2)17-7-5-6-16(10-17)20(26)24-12-15-8-9-18(24)13-23(11-15)14-19(25)22(3)4/h5-7,10,15,18H,8-9,11-14H2,1-4H3/t15-,18+/m0/s1. The number of nitrogens with zero attached hydrogens (tertiary/aromatic N) is 4. The van der Waals surface area contributed by atoms with E-state index in [-0.39, 0.29) is 17.9 Å². The number of likely N-dealkylation sites (N-methyl/N-ethyl adjacent to an activating group) is 1. The van der Waals surface area contributed by atoms with Gasteiger partial charge in [-0.2, -0.15) is 0 Å². The molecule has 4 rings (SSSR count). The zero-order valence-electron chi connectivity index (χ0n) is 16.3. The van der Waals surface area contributed by atoms with Gasteiger partial charge in [0.05, 0.1) is 6.54 Å². The fourth-order valence-corrected chi connectivity index (χ4v) is 3.97. The topological polar surface area (TPSA) is 47.1 Å². The molecule has 142 valence electrons. The van der Waals surface area contributed by atoms with E-state index in [0.29, 0.717) is 12.5 Å². The summed E-state index contributed by atoms with van der Waals surface area (Å²) in [7, 11) is 7.55. The van der Waals surface area contributed by atoms with E-state index in [1.807, 2.05) is 48.2 Å². The molecule has 0 N–H and O–H groups in total. The number of carbonyl (C=O) groups is 2. The third-order valence-corrected chi connectivity index (χ3v) is 5.52. The molecule has 3 fully saturated rings. The monoisotopic (exact) mass is 358 g/mol. The van der Waals surface area contributed by atoms with Crippen LogP contribution in [0.5, 0.6) is 0 Å². The first-order chi connectivity index (χ1) is 12.3. The number of carbonyl (C=O) groups excluding carboxylic acids is 2. The second kappa shape index (κ2) is 7.66. The molecule has 1 aromatic rings. The zero-order valence-corrected chi connectivity index (χ0v) is 16.3. The number of hydrogen-bond acceptors (Lipinski definition) is 4. The van der Waals surface area contributed by atoms with Crippen molar-refractivity contribution in [3.05, 3.63) is 29.8 Å². The van der Waals surface area contributed by atoms with Gasteiger partial charge in [0.25, 0.3) is 5.91 Å². The maximum atomic E-state index is 13.2. The van der Waals surface area contributed by atoms with E-state index in [9.17, 15) is 9.59 Å². The Bertz CT molecular complexity index is 674. The van der Waals surface area contributed by atoms with Gasteiger partial charge in [0.15, 0.2) is 0 Å². The molecule has 2 atom stereocenters. The van der Waals surface area contributed by atoms with Gasteiger partial charge >= 0.3 is 0 Å². The molecule has 0 unspecified atom stereocenters. The van der Waals surface area contributed by atoms with Crippen LogP contribution in [-0.4, -0.2) is 86.9 Å². The van der Waals surface area contributed by atoms with Crippen LogP contribution in [0.4, 0.5) is 5.69 Å². The van der Waals surface area contributed by atoms with Gasteiger partial charge in [0, 0.05) is 65.1 Å². The first-order valence-corrected chi connectivity index (χ1v) is 9.36. The molecule has 2 bridgehead atoms. The third-order valence-electron chi connectivity index (χ3n) is 5.52. The van der Waals surface area contributed by atoms with Crippen molar-refractivity contribution in [2.75, 3.05) is 59.3 Å². The van der Waals surface area contributed by atoms with Crippen LogP contribution in [0.1, 0.15) is 23.2 Å². The average Bonchev–Trinajstić information content (AvgIpc) is 2.91. The second-order valence-corrected chi connectivity index (χ2v) is 7.98. The van der Waals surface area contributed by atoms with Gasteiger partial charge in [0.2, 0.25) is 5.91 Å². The van der Waals surface area contributed by atoms with Crippen molar-refractivity contribution in [2.24, 2.45) is 5.92 Å². The minimum absolute atomic E-state index is 0.115. The van der Waals surface area contributed by atoms with Crippen LogP contribution in [0, 0.1) is 5.92 Å². The Kier molecular flexibility index (Phi) is 5.51. The minimum Gasteiger partial charge on any atom is -0.378 e. The Labute approximate surface area is 156 Å². The lowest BCUT2D eigenvalue weighted by Gasteiger charge is -2.36. The van der Waals surface area contributed by atoms with E-state index in [0.717, 1.165) is 43.7 Å². The summed E-state index contributed by atoms with van der Waals surface area (Å²) in [6.07, 6.45) is 2.16. The van der Waals surface area contributed by atoms with Gasteiger partial charge < -0.3 is 14.7 Å². The second-order valence-electron chi connectivity index (χ2n) is 7.98. The lowest BCUT2D eigenvalue weighted by molar-refractivity contribution is -0.129. The van der Waals surface area contributed by atoms with Crippen molar-refractivity contribution in [3.8, 4) is 0 Å². The summed E-state index contributed by atoms with van der Waals surface area (Å²) < 4.78 is 0. The normalized spacial score (nSPS) is 22.8. The summed E-state index contributed by atoms with van der Waals surface area (Å²) in [5, 5.41) is 0. The Morgan fingerprint density at radius 1 is 1.08 bits per heavy atom. The van der Waals surface area contributed by atoms with Crippen molar-refractivity contribution in [1.82, 2.24) is 14.7 Å². The number of piperidine rings is 1. The molecule has 1 aromatic carbocycles.